The number of hydrogen-bond acceptors (Lipinski definition) is 7. The third kappa shape index (κ3) is 6.34. The lowest BCUT2D eigenvalue weighted by Crippen LogP contribution is -2.47. The number of imide groups is 1. The molecule has 10 heteroatoms. The topological polar surface area (TPSA) is 101 Å². The maximum absolute atomic E-state index is 12.6. The number of nitrogens with zero attached hydrogens (tertiary/aromatic N) is 4. The van der Waals surface area contributed by atoms with E-state index < -0.39 is 11.3 Å². The van der Waals surface area contributed by atoms with Gasteiger partial charge in [-0.15, -0.1) is 10.2 Å². The number of ether oxygens (including phenoxy) is 1. The summed E-state index contributed by atoms with van der Waals surface area (Å²) in [6.45, 7) is 9.73. The number of hydrogen-bond donors (Lipinski definition) is 2. The molecule has 1 atom stereocenters. The predicted molar refractivity (Wildman–Crippen MR) is 117 cm³/mol. The molecule has 2 heterocycles. The average Bonchev–Trinajstić information content (AvgIpc) is 3.10. The van der Waals surface area contributed by atoms with Gasteiger partial charge in [0.2, 0.25) is 11.9 Å². The largest absolute Gasteiger partial charge is 0.378 e. The van der Waals surface area contributed by atoms with Gasteiger partial charge in [-0.3, -0.25) is 14.7 Å². The molecule has 3 amide bonds. The Hall–Kier alpha value is -1.81. The number of urea groups is 1. The molecule has 1 saturated carbocycles. The number of carbonyl (C=O) groups is 2. The molecule has 9 nitrogen and oxygen atoms in total. The van der Waals surface area contributed by atoms with Crippen LogP contribution in [-0.2, 0) is 16.1 Å². The molecule has 30 heavy (non-hydrogen) atoms. The standard InChI is InChI=1S/C20H34N6O3S/c1-14(2)13-26-19(25-9-11-29-12-10-25)23-24-20(26)30-15(3)17(27)22-18(28)21-16-7-5-4-6-8-16/h14-16H,4-13H2,1-3H3,(H2,21,22,27,28). The fourth-order valence-corrected chi connectivity index (χ4v) is 4.64. The zero-order chi connectivity index (χ0) is 21.5. The summed E-state index contributed by atoms with van der Waals surface area (Å²) < 4.78 is 7.52. The number of nitrogens with one attached hydrogen (secondary N) is 2. The van der Waals surface area contributed by atoms with E-state index in [4.69, 9.17) is 4.74 Å². The van der Waals surface area contributed by atoms with Gasteiger partial charge in [0, 0.05) is 25.7 Å². The van der Waals surface area contributed by atoms with Crippen molar-refractivity contribution in [1.82, 2.24) is 25.4 Å². The van der Waals surface area contributed by atoms with Crippen LogP contribution in [0.4, 0.5) is 10.7 Å². The van der Waals surface area contributed by atoms with Crippen molar-refractivity contribution in [3.05, 3.63) is 0 Å². The van der Waals surface area contributed by atoms with E-state index in [9.17, 15) is 9.59 Å². The summed E-state index contributed by atoms with van der Waals surface area (Å²) in [5.74, 6) is 0.906. The lowest BCUT2D eigenvalue weighted by atomic mass is 9.96. The van der Waals surface area contributed by atoms with E-state index in [0.717, 1.165) is 51.3 Å². The van der Waals surface area contributed by atoms with Crippen molar-refractivity contribution in [2.45, 2.75) is 75.9 Å². The lowest BCUT2D eigenvalue weighted by molar-refractivity contribution is -0.119. The van der Waals surface area contributed by atoms with Crippen molar-refractivity contribution in [2.24, 2.45) is 5.92 Å². The molecule has 1 aliphatic heterocycles. The van der Waals surface area contributed by atoms with Gasteiger partial charge >= 0.3 is 6.03 Å². The van der Waals surface area contributed by atoms with Gasteiger partial charge in [0.05, 0.1) is 18.5 Å². The minimum Gasteiger partial charge on any atom is -0.378 e. The highest BCUT2D eigenvalue weighted by atomic mass is 32.2. The third-order valence-electron chi connectivity index (χ3n) is 5.37. The molecule has 2 aliphatic rings. The second-order valence-corrected chi connectivity index (χ2v) is 9.75. The second-order valence-electron chi connectivity index (χ2n) is 8.44. The minimum atomic E-state index is -0.463. The summed E-state index contributed by atoms with van der Waals surface area (Å²) in [7, 11) is 0. The van der Waals surface area contributed by atoms with E-state index in [0.29, 0.717) is 24.3 Å². The molecule has 1 aromatic rings. The van der Waals surface area contributed by atoms with E-state index in [-0.39, 0.29) is 11.9 Å². The van der Waals surface area contributed by atoms with Crippen LogP contribution in [0.15, 0.2) is 5.16 Å². The van der Waals surface area contributed by atoms with E-state index in [1.807, 2.05) is 0 Å². The summed E-state index contributed by atoms with van der Waals surface area (Å²) >= 11 is 1.33. The first kappa shape index (κ1) is 22.9. The zero-order valence-electron chi connectivity index (χ0n) is 18.2. The zero-order valence-corrected chi connectivity index (χ0v) is 19.0. The van der Waals surface area contributed by atoms with Crippen LogP contribution >= 0.6 is 11.8 Å². The second kappa shape index (κ2) is 11.0. The highest BCUT2D eigenvalue weighted by Crippen LogP contribution is 2.27. The Labute approximate surface area is 182 Å². The van der Waals surface area contributed by atoms with Crippen molar-refractivity contribution in [1.29, 1.82) is 0 Å². The van der Waals surface area contributed by atoms with Crippen LogP contribution in [0.2, 0.25) is 0 Å². The SMILES string of the molecule is CC(C)Cn1c(SC(C)C(=O)NC(=O)NC2CCCCC2)nnc1N1CCOCC1. The Morgan fingerprint density at radius 3 is 2.50 bits per heavy atom. The van der Waals surface area contributed by atoms with E-state index in [2.05, 4.69) is 44.1 Å². The predicted octanol–water partition coefficient (Wildman–Crippen LogP) is 2.41. The summed E-state index contributed by atoms with van der Waals surface area (Å²) in [6.07, 6.45) is 5.43. The van der Waals surface area contributed by atoms with Gasteiger partial charge in [-0.25, -0.2) is 4.79 Å². The monoisotopic (exact) mass is 438 g/mol. The maximum atomic E-state index is 12.6. The van der Waals surface area contributed by atoms with Gasteiger partial charge in [0.15, 0.2) is 5.16 Å². The molecule has 3 rings (SSSR count). The first-order valence-corrected chi connectivity index (χ1v) is 11.9. The first-order valence-electron chi connectivity index (χ1n) is 11.0. The summed E-state index contributed by atoms with van der Waals surface area (Å²) in [5.41, 5.74) is 0. The Morgan fingerprint density at radius 2 is 1.83 bits per heavy atom. The summed E-state index contributed by atoms with van der Waals surface area (Å²) in [4.78, 5) is 26.9. The molecule has 1 aliphatic carbocycles. The molecule has 1 saturated heterocycles. The van der Waals surface area contributed by atoms with Crippen LogP contribution in [0.3, 0.4) is 0 Å². The van der Waals surface area contributed by atoms with Crippen LogP contribution in [0.1, 0.15) is 52.9 Å². The Kier molecular flexibility index (Phi) is 8.38. The van der Waals surface area contributed by atoms with Crippen LogP contribution in [0.5, 0.6) is 0 Å². The lowest BCUT2D eigenvalue weighted by Gasteiger charge is -2.28. The smallest absolute Gasteiger partial charge is 0.321 e. The highest BCUT2D eigenvalue weighted by molar-refractivity contribution is 8.00. The third-order valence-corrected chi connectivity index (χ3v) is 6.45. The molecular weight excluding hydrogens is 404 g/mol. The number of anilines is 1. The van der Waals surface area contributed by atoms with Gasteiger partial charge in [-0.05, 0) is 25.7 Å². The number of aromatic nitrogens is 3. The van der Waals surface area contributed by atoms with Crippen LogP contribution in [0.25, 0.3) is 0 Å². The van der Waals surface area contributed by atoms with E-state index in [1.165, 1.54) is 18.2 Å². The highest BCUT2D eigenvalue weighted by Gasteiger charge is 2.25. The molecule has 168 valence electrons. The Morgan fingerprint density at radius 1 is 1.13 bits per heavy atom. The Bertz CT molecular complexity index is 713. The molecule has 0 aromatic carbocycles. The normalized spacial score (nSPS) is 19.0. The molecule has 2 fully saturated rings. The molecule has 1 unspecified atom stereocenters. The number of carbonyl (C=O) groups excluding carboxylic acids is 2. The van der Waals surface area contributed by atoms with E-state index >= 15 is 0 Å². The molecule has 1 aromatic heterocycles. The maximum Gasteiger partial charge on any atom is 0.321 e. The number of morpholine rings is 1. The number of rotatable bonds is 7. The first-order chi connectivity index (χ1) is 14.4. The van der Waals surface area contributed by atoms with Crippen LogP contribution in [-0.4, -0.2) is 64.3 Å². The Balaban J connectivity index is 1.60. The van der Waals surface area contributed by atoms with Gasteiger partial charge in [0.1, 0.15) is 0 Å². The van der Waals surface area contributed by atoms with Crippen molar-refractivity contribution in [2.75, 3.05) is 31.2 Å². The van der Waals surface area contributed by atoms with E-state index in [1.54, 1.807) is 6.92 Å². The fourth-order valence-electron chi connectivity index (χ4n) is 3.78. The van der Waals surface area contributed by atoms with Crippen molar-refractivity contribution >= 4 is 29.6 Å². The minimum absolute atomic E-state index is 0.166. The molecule has 0 bridgehead atoms. The van der Waals surface area contributed by atoms with Gasteiger partial charge in [0.25, 0.3) is 0 Å². The number of thioether (sulfide) groups is 1. The quantitative estimate of drug-likeness (QED) is 0.630. The average molecular weight is 439 g/mol. The number of amides is 3. The van der Waals surface area contributed by atoms with Gasteiger partial charge in [-0.2, -0.15) is 0 Å². The van der Waals surface area contributed by atoms with Crippen LogP contribution in [0, 0.1) is 5.92 Å². The van der Waals surface area contributed by atoms with Crippen molar-refractivity contribution in [3.63, 3.8) is 0 Å². The van der Waals surface area contributed by atoms with Crippen molar-refractivity contribution in [3.8, 4) is 0 Å². The molecule has 2 N–H and O–H groups in total. The summed E-state index contributed by atoms with van der Waals surface area (Å²) in [5, 5.41) is 14.4. The van der Waals surface area contributed by atoms with Crippen molar-refractivity contribution < 1.29 is 14.3 Å². The molecule has 0 radical (unpaired) electrons. The van der Waals surface area contributed by atoms with Gasteiger partial charge in [-0.1, -0.05) is 44.9 Å². The molecular formula is C20H34N6O3S. The van der Waals surface area contributed by atoms with Crippen LogP contribution < -0.4 is 15.5 Å². The summed E-state index contributed by atoms with van der Waals surface area (Å²) in [6, 6.07) is -0.239. The van der Waals surface area contributed by atoms with Gasteiger partial charge < -0.3 is 15.0 Å². The fraction of sp³-hybridized carbons (Fsp3) is 0.800. The molecule has 0 spiro atoms.